The van der Waals surface area contributed by atoms with Crippen LogP contribution >= 0.6 is 34.5 Å². The Hall–Kier alpha value is -0.550. The van der Waals surface area contributed by atoms with Crippen LogP contribution in [0.3, 0.4) is 0 Å². The van der Waals surface area contributed by atoms with Crippen molar-refractivity contribution in [2.45, 2.75) is 26.0 Å². The van der Waals surface area contributed by atoms with E-state index in [9.17, 15) is 5.11 Å². The summed E-state index contributed by atoms with van der Waals surface area (Å²) in [6.07, 6.45) is 3.68. The fraction of sp³-hybridized carbons (Fsp3) is 0.364. The molecular weight excluding hydrogens is 279 g/mol. The van der Waals surface area contributed by atoms with Gasteiger partial charge in [-0.05, 0) is 12.5 Å². The van der Waals surface area contributed by atoms with Gasteiger partial charge in [-0.25, -0.2) is 4.98 Å². The number of aliphatic hydroxyl groups excluding tert-OH is 1. The Morgan fingerprint density at radius 2 is 2.29 bits per heavy atom. The van der Waals surface area contributed by atoms with Gasteiger partial charge in [-0.2, -0.15) is 0 Å². The van der Waals surface area contributed by atoms with Crippen LogP contribution in [0.5, 0.6) is 0 Å². The van der Waals surface area contributed by atoms with Gasteiger partial charge in [0.2, 0.25) is 0 Å². The highest BCUT2D eigenvalue weighted by atomic mass is 35.5. The molecule has 2 rings (SSSR count). The van der Waals surface area contributed by atoms with Gasteiger partial charge in [-0.3, -0.25) is 0 Å². The summed E-state index contributed by atoms with van der Waals surface area (Å²) < 4.78 is 3.00. The second-order valence-electron chi connectivity index (χ2n) is 3.66. The van der Waals surface area contributed by atoms with Gasteiger partial charge < -0.3 is 9.67 Å². The standard InChI is InChI=1S/C11H12Cl2N2OS/c1-2-4-15-5-3-14-11(15)9(16)7-6-8(12)17-10(7)13/h3,5-6,9,16H,2,4H2,1H3. The normalized spacial score (nSPS) is 12.9. The van der Waals surface area contributed by atoms with E-state index in [1.54, 1.807) is 12.3 Å². The first-order valence-corrected chi connectivity index (χ1v) is 6.84. The van der Waals surface area contributed by atoms with E-state index in [0.717, 1.165) is 13.0 Å². The summed E-state index contributed by atoms with van der Waals surface area (Å²) in [5.41, 5.74) is 0.616. The monoisotopic (exact) mass is 290 g/mol. The summed E-state index contributed by atoms with van der Waals surface area (Å²) in [5.74, 6) is 0.600. The van der Waals surface area contributed by atoms with Crippen molar-refractivity contribution in [1.29, 1.82) is 0 Å². The minimum Gasteiger partial charge on any atom is -0.380 e. The third-order valence-electron chi connectivity index (χ3n) is 2.43. The van der Waals surface area contributed by atoms with Gasteiger partial charge in [0.15, 0.2) is 0 Å². The van der Waals surface area contributed by atoms with Crippen LogP contribution in [0, 0.1) is 0 Å². The number of nitrogens with zero attached hydrogens (tertiary/aromatic N) is 2. The zero-order valence-electron chi connectivity index (χ0n) is 9.23. The molecule has 17 heavy (non-hydrogen) atoms. The minimum absolute atomic E-state index is 0.508. The molecule has 0 saturated heterocycles. The Balaban J connectivity index is 2.33. The summed E-state index contributed by atoms with van der Waals surface area (Å²) >= 11 is 13.1. The predicted molar refractivity (Wildman–Crippen MR) is 70.9 cm³/mol. The van der Waals surface area contributed by atoms with E-state index in [4.69, 9.17) is 23.2 Å². The van der Waals surface area contributed by atoms with Gasteiger partial charge in [0.25, 0.3) is 0 Å². The van der Waals surface area contributed by atoms with Crippen molar-refractivity contribution in [2.75, 3.05) is 0 Å². The Bertz CT molecular complexity index is 509. The molecule has 0 aliphatic carbocycles. The molecule has 0 amide bonds. The fourth-order valence-electron chi connectivity index (χ4n) is 1.68. The molecule has 0 saturated carbocycles. The largest absolute Gasteiger partial charge is 0.380 e. The van der Waals surface area contributed by atoms with E-state index in [1.807, 2.05) is 10.8 Å². The Morgan fingerprint density at radius 3 is 2.88 bits per heavy atom. The number of imidazole rings is 1. The van der Waals surface area contributed by atoms with Crippen molar-refractivity contribution >= 4 is 34.5 Å². The number of hydrogen-bond donors (Lipinski definition) is 1. The molecule has 0 radical (unpaired) electrons. The van der Waals surface area contributed by atoms with Crippen molar-refractivity contribution < 1.29 is 5.11 Å². The first kappa shape index (κ1) is 12.9. The fourth-order valence-corrected chi connectivity index (χ4v) is 3.20. The molecule has 2 aromatic heterocycles. The maximum atomic E-state index is 10.3. The van der Waals surface area contributed by atoms with Gasteiger partial charge in [0.05, 0.1) is 4.34 Å². The smallest absolute Gasteiger partial charge is 0.142 e. The molecule has 92 valence electrons. The maximum absolute atomic E-state index is 10.3. The van der Waals surface area contributed by atoms with Crippen LogP contribution in [0.2, 0.25) is 8.67 Å². The molecule has 3 nitrogen and oxygen atoms in total. The number of aromatic nitrogens is 2. The van der Waals surface area contributed by atoms with Crippen LogP contribution in [0.4, 0.5) is 0 Å². The van der Waals surface area contributed by atoms with Crippen LogP contribution in [-0.4, -0.2) is 14.7 Å². The lowest BCUT2D eigenvalue weighted by atomic mass is 10.2. The lowest BCUT2D eigenvalue weighted by Crippen LogP contribution is -2.09. The number of aliphatic hydroxyl groups is 1. The molecule has 1 unspecified atom stereocenters. The molecule has 0 spiro atoms. The van der Waals surface area contributed by atoms with Gasteiger partial charge in [-0.15, -0.1) is 11.3 Å². The number of aryl methyl sites for hydroxylation is 1. The zero-order chi connectivity index (χ0) is 12.4. The van der Waals surface area contributed by atoms with E-state index in [2.05, 4.69) is 11.9 Å². The SMILES string of the molecule is CCCn1ccnc1C(O)c1cc(Cl)sc1Cl. The van der Waals surface area contributed by atoms with Crippen molar-refractivity contribution in [2.24, 2.45) is 0 Å². The number of hydrogen-bond acceptors (Lipinski definition) is 3. The van der Waals surface area contributed by atoms with Gasteiger partial charge >= 0.3 is 0 Å². The second kappa shape index (κ2) is 5.40. The third kappa shape index (κ3) is 2.65. The third-order valence-corrected chi connectivity index (χ3v) is 3.95. The Morgan fingerprint density at radius 1 is 1.53 bits per heavy atom. The minimum atomic E-state index is -0.826. The molecule has 0 aliphatic rings. The molecular formula is C11H12Cl2N2OS. The number of rotatable bonds is 4. The molecule has 1 N–H and O–H groups in total. The highest BCUT2D eigenvalue weighted by Gasteiger charge is 2.20. The first-order valence-electron chi connectivity index (χ1n) is 5.27. The summed E-state index contributed by atoms with van der Waals surface area (Å²) in [4.78, 5) is 4.18. The van der Waals surface area contributed by atoms with Crippen LogP contribution < -0.4 is 0 Å². The van der Waals surface area contributed by atoms with Crippen molar-refractivity contribution in [3.63, 3.8) is 0 Å². The average Bonchev–Trinajstić information content (AvgIpc) is 2.85. The average molecular weight is 291 g/mol. The quantitative estimate of drug-likeness (QED) is 0.931. The lowest BCUT2D eigenvalue weighted by molar-refractivity contribution is 0.205. The van der Waals surface area contributed by atoms with Crippen LogP contribution in [0.1, 0.15) is 30.8 Å². The van der Waals surface area contributed by atoms with Crippen molar-refractivity contribution in [1.82, 2.24) is 9.55 Å². The van der Waals surface area contributed by atoms with E-state index in [0.29, 0.717) is 20.1 Å². The van der Waals surface area contributed by atoms with Crippen molar-refractivity contribution in [3.05, 3.63) is 38.5 Å². The Kier molecular flexibility index (Phi) is 4.09. The molecule has 6 heteroatoms. The van der Waals surface area contributed by atoms with Gasteiger partial charge in [0.1, 0.15) is 16.3 Å². The lowest BCUT2D eigenvalue weighted by Gasteiger charge is -2.12. The summed E-state index contributed by atoms with van der Waals surface area (Å²) in [5, 5.41) is 10.3. The summed E-state index contributed by atoms with van der Waals surface area (Å²) in [6, 6.07) is 1.68. The molecule has 0 fully saturated rings. The second-order valence-corrected chi connectivity index (χ2v) is 5.95. The number of halogens is 2. The van der Waals surface area contributed by atoms with Crippen LogP contribution in [0.15, 0.2) is 18.5 Å². The highest BCUT2D eigenvalue weighted by Crippen LogP contribution is 2.36. The van der Waals surface area contributed by atoms with Gasteiger partial charge in [0, 0.05) is 24.5 Å². The molecule has 0 bridgehead atoms. The topological polar surface area (TPSA) is 38.0 Å². The van der Waals surface area contributed by atoms with Crippen molar-refractivity contribution in [3.8, 4) is 0 Å². The Labute approximate surface area is 114 Å². The van der Waals surface area contributed by atoms with Crippen LogP contribution in [0.25, 0.3) is 0 Å². The van der Waals surface area contributed by atoms with E-state index in [-0.39, 0.29) is 0 Å². The molecule has 0 aromatic carbocycles. The molecule has 2 heterocycles. The first-order chi connectivity index (χ1) is 8.13. The predicted octanol–water partition coefficient (Wildman–Crippen LogP) is 3.74. The maximum Gasteiger partial charge on any atom is 0.142 e. The van der Waals surface area contributed by atoms with E-state index < -0.39 is 6.10 Å². The zero-order valence-corrected chi connectivity index (χ0v) is 11.6. The summed E-state index contributed by atoms with van der Waals surface area (Å²) in [6.45, 7) is 2.90. The molecule has 0 aliphatic heterocycles. The molecule has 2 aromatic rings. The summed E-state index contributed by atoms with van der Waals surface area (Å²) in [7, 11) is 0. The van der Waals surface area contributed by atoms with Gasteiger partial charge in [-0.1, -0.05) is 30.1 Å². The molecule has 1 atom stereocenters. The highest BCUT2D eigenvalue weighted by molar-refractivity contribution is 7.20. The van der Waals surface area contributed by atoms with E-state index >= 15 is 0 Å². The number of thiophene rings is 1. The van der Waals surface area contributed by atoms with E-state index in [1.165, 1.54) is 11.3 Å². The van der Waals surface area contributed by atoms with Crippen LogP contribution in [-0.2, 0) is 6.54 Å².